The summed E-state index contributed by atoms with van der Waals surface area (Å²) in [6, 6.07) is 12.9. The Kier molecular flexibility index (Phi) is 14.1. The van der Waals surface area contributed by atoms with Crippen molar-refractivity contribution in [1.82, 2.24) is 4.31 Å². The smallest absolute Gasteiger partial charge is 0.269 e. The van der Waals surface area contributed by atoms with Gasteiger partial charge in [0.25, 0.3) is 5.69 Å². The Bertz CT molecular complexity index is 1250. The average Bonchev–Trinajstić information content (AvgIpc) is 2.91. The van der Waals surface area contributed by atoms with E-state index in [2.05, 4.69) is 33.9 Å². The molecule has 0 amide bonds. The minimum Gasteiger partial charge on any atom is -0.417 e. The quantitative estimate of drug-likeness (QED) is 0.0692. The van der Waals surface area contributed by atoms with Crippen LogP contribution >= 0.6 is 0 Å². The number of unbranched alkanes of at least 4 members (excludes halogenated alkanes) is 2. The highest BCUT2D eigenvalue weighted by molar-refractivity contribution is 7.89. The number of anilines is 1. The SMILES string of the molecule is CCCCC(CCCCN(C)S(=O)(=O)c1ccc(N(C)C)cc1Cc1cccc([N+](=O)[O-])c1)CO[Si](C)(C)CC(C)C. The number of nitro benzene ring substituents is 1. The number of sulfonamides is 1. The number of benzene rings is 2. The molecule has 42 heavy (non-hydrogen) atoms. The van der Waals surface area contributed by atoms with Crippen molar-refractivity contribution in [1.29, 1.82) is 0 Å². The lowest BCUT2D eigenvalue weighted by molar-refractivity contribution is -0.384. The number of hydrogen-bond acceptors (Lipinski definition) is 6. The minimum atomic E-state index is -3.75. The molecule has 0 spiro atoms. The minimum absolute atomic E-state index is 0.00809. The lowest BCUT2D eigenvalue weighted by atomic mass is 9.97. The van der Waals surface area contributed by atoms with E-state index >= 15 is 0 Å². The van der Waals surface area contributed by atoms with Crippen molar-refractivity contribution >= 4 is 29.7 Å². The second-order valence-electron chi connectivity index (χ2n) is 12.8. The Hall–Kier alpha value is -2.27. The molecule has 8 nitrogen and oxygen atoms in total. The molecule has 0 bridgehead atoms. The predicted octanol–water partition coefficient (Wildman–Crippen LogP) is 7.73. The van der Waals surface area contributed by atoms with E-state index in [1.165, 1.54) is 22.9 Å². The summed E-state index contributed by atoms with van der Waals surface area (Å²) < 4.78 is 35.5. The van der Waals surface area contributed by atoms with Gasteiger partial charge in [-0.2, -0.15) is 0 Å². The highest BCUT2D eigenvalue weighted by Gasteiger charge is 2.26. The second-order valence-corrected chi connectivity index (χ2v) is 19.0. The molecule has 0 aliphatic carbocycles. The van der Waals surface area contributed by atoms with Crippen LogP contribution in [0.2, 0.25) is 19.1 Å². The first-order valence-electron chi connectivity index (χ1n) is 15.3. The van der Waals surface area contributed by atoms with E-state index in [4.69, 9.17) is 4.43 Å². The molecular weight excluding hydrogens is 567 g/mol. The third kappa shape index (κ3) is 11.4. The van der Waals surface area contributed by atoms with Gasteiger partial charge in [0.05, 0.1) is 9.82 Å². The van der Waals surface area contributed by atoms with E-state index in [0.717, 1.165) is 50.4 Å². The number of non-ortho nitro benzene ring substituents is 1. The number of rotatable bonds is 19. The summed E-state index contributed by atoms with van der Waals surface area (Å²) in [5.41, 5.74) is 2.18. The second kappa shape index (κ2) is 16.5. The van der Waals surface area contributed by atoms with E-state index in [9.17, 15) is 18.5 Å². The van der Waals surface area contributed by atoms with Crippen molar-refractivity contribution in [3.05, 3.63) is 63.7 Å². The molecule has 0 heterocycles. The number of nitro groups is 1. The molecule has 0 fully saturated rings. The molecule has 1 atom stereocenters. The molecular formula is C32H53N3O5SSi. The average molecular weight is 620 g/mol. The van der Waals surface area contributed by atoms with E-state index in [0.29, 0.717) is 29.5 Å². The first-order valence-corrected chi connectivity index (χ1v) is 19.9. The van der Waals surface area contributed by atoms with Crippen LogP contribution in [0.15, 0.2) is 47.4 Å². The lowest BCUT2D eigenvalue weighted by Crippen LogP contribution is -2.34. The van der Waals surface area contributed by atoms with Crippen molar-refractivity contribution in [3.8, 4) is 0 Å². The molecule has 0 N–H and O–H groups in total. The maximum atomic E-state index is 13.8. The van der Waals surface area contributed by atoms with Crippen molar-refractivity contribution < 1.29 is 17.8 Å². The van der Waals surface area contributed by atoms with Crippen LogP contribution in [0.25, 0.3) is 0 Å². The predicted molar refractivity (Wildman–Crippen MR) is 176 cm³/mol. The zero-order valence-electron chi connectivity index (χ0n) is 27.1. The van der Waals surface area contributed by atoms with Crippen molar-refractivity contribution in [2.75, 3.05) is 39.2 Å². The standard InChI is InChI=1S/C32H53N3O5SSi/c1-9-10-14-27(24-40-42(7,8)25-26(2)3)15-11-12-20-34(6)41(38,39)32-19-18-30(33(4)5)23-29(32)21-28-16-13-17-31(22-28)35(36)37/h13,16-19,22-23,26-27H,9-12,14-15,20-21,24-25H2,1-8H3. The lowest BCUT2D eigenvalue weighted by Gasteiger charge is -2.28. The van der Waals surface area contributed by atoms with Gasteiger partial charge in [0, 0.05) is 52.1 Å². The summed E-state index contributed by atoms with van der Waals surface area (Å²) in [6.07, 6.45) is 6.54. The van der Waals surface area contributed by atoms with Crippen LogP contribution in [0.3, 0.4) is 0 Å². The van der Waals surface area contributed by atoms with Crippen LogP contribution in [0, 0.1) is 22.0 Å². The highest BCUT2D eigenvalue weighted by Crippen LogP contribution is 2.28. The first kappa shape index (κ1) is 35.9. The Morgan fingerprint density at radius 2 is 1.69 bits per heavy atom. The van der Waals surface area contributed by atoms with Gasteiger partial charge in [-0.25, -0.2) is 12.7 Å². The molecule has 0 aliphatic rings. The largest absolute Gasteiger partial charge is 0.417 e. The van der Waals surface area contributed by atoms with E-state index in [-0.39, 0.29) is 17.0 Å². The number of hydrogen-bond donors (Lipinski definition) is 0. The molecule has 2 aromatic carbocycles. The van der Waals surface area contributed by atoms with Crippen molar-refractivity contribution in [3.63, 3.8) is 0 Å². The molecule has 0 aromatic heterocycles. The fraction of sp³-hybridized carbons (Fsp3) is 0.625. The summed E-state index contributed by atoms with van der Waals surface area (Å²) in [5, 5.41) is 11.3. The third-order valence-corrected chi connectivity index (χ3v) is 12.4. The maximum Gasteiger partial charge on any atom is 0.269 e. The molecule has 0 saturated carbocycles. The van der Waals surface area contributed by atoms with E-state index < -0.39 is 23.3 Å². The number of nitrogens with zero attached hydrogens (tertiary/aromatic N) is 3. The molecule has 0 aliphatic heterocycles. The Balaban J connectivity index is 2.11. The van der Waals surface area contributed by atoms with E-state index in [1.54, 1.807) is 31.3 Å². The fourth-order valence-corrected chi connectivity index (χ4v) is 9.66. The van der Waals surface area contributed by atoms with Crippen molar-refractivity contribution in [2.24, 2.45) is 11.8 Å². The van der Waals surface area contributed by atoms with Crippen molar-refractivity contribution in [2.45, 2.75) is 89.8 Å². The van der Waals surface area contributed by atoms with Gasteiger partial charge in [-0.3, -0.25) is 10.1 Å². The highest BCUT2D eigenvalue weighted by atomic mass is 32.2. The zero-order valence-corrected chi connectivity index (χ0v) is 28.9. The summed E-state index contributed by atoms with van der Waals surface area (Å²) in [5.74, 6) is 1.15. The zero-order chi connectivity index (χ0) is 31.5. The molecule has 1 unspecified atom stereocenters. The van der Waals surface area contributed by atoms with Crippen LogP contribution < -0.4 is 4.90 Å². The van der Waals surface area contributed by atoms with Gasteiger partial charge in [0.2, 0.25) is 10.0 Å². The summed E-state index contributed by atoms with van der Waals surface area (Å²) >= 11 is 0. The topological polar surface area (TPSA) is 93.0 Å². The van der Waals surface area contributed by atoms with Crippen LogP contribution in [-0.4, -0.2) is 60.3 Å². The normalized spacial score (nSPS) is 13.1. The Morgan fingerprint density at radius 1 is 1.00 bits per heavy atom. The Morgan fingerprint density at radius 3 is 2.31 bits per heavy atom. The molecule has 2 rings (SSSR count). The van der Waals surface area contributed by atoms with Gasteiger partial charge in [-0.05, 0) is 86.0 Å². The summed E-state index contributed by atoms with van der Waals surface area (Å²) in [6.45, 7) is 12.6. The summed E-state index contributed by atoms with van der Waals surface area (Å²) in [4.78, 5) is 13.0. The summed E-state index contributed by atoms with van der Waals surface area (Å²) in [7, 11) is 0.0199. The molecule has 236 valence electrons. The van der Waals surface area contributed by atoms with Crippen LogP contribution in [0.4, 0.5) is 11.4 Å². The third-order valence-electron chi connectivity index (χ3n) is 7.68. The first-order chi connectivity index (χ1) is 19.7. The van der Waals surface area contributed by atoms with Gasteiger partial charge in [0.15, 0.2) is 8.32 Å². The van der Waals surface area contributed by atoms with Gasteiger partial charge < -0.3 is 9.33 Å². The van der Waals surface area contributed by atoms with Gasteiger partial charge in [-0.15, -0.1) is 0 Å². The maximum absolute atomic E-state index is 13.8. The molecule has 10 heteroatoms. The van der Waals surface area contributed by atoms with Gasteiger partial charge in [0.1, 0.15) is 0 Å². The van der Waals surface area contributed by atoms with Crippen LogP contribution in [0.1, 0.15) is 70.4 Å². The van der Waals surface area contributed by atoms with Gasteiger partial charge >= 0.3 is 0 Å². The van der Waals surface area contributed by atoms with Crippen LogP contribution in [0.5, 0.6) is 0 Å². The van der Waals surface area contributed by atoms with E-state index in [1.807, 2.05) is 25.1 Å². The molecule has 0 radical (unpaired) electrons. The molecule has 0 saturated heterocycles. The monoisotopic (exact) mass is 619 g/mol. The fourth-order valence-electron chi connectivity index (χ4n) is 5.48. The Labute approximate surface area is 255 Å². The van der Waals surface area contributed by atoms with Gasteiger partial charge in [-0.1, -0.05) is 52.2 Å². The molecule has 2 aromatic rings. The van der Waals surface area contributed by atoms with Crippen LogP contribution in [-0.2, 0) is 20.9 Å².